The molecule has 1 fully saturated rings. The van der Waals surface area contributed by atoms with Gasteiger partial charge in [0.05, 0.1) is 18.1 Å². The van der Waals surface area contributed by atoms with Gasteiger partial charge in [-0.1, -0.05) is 36.4 Å². The average molecular weight is 373 g/mol. The van der Waals surface area contributed by atoms with Gasteiger partial charge in [0.2, 0.25) is 0 Å². The van der Waals surface area contributed by atoms with E-state index in [1.54, 1.807) is 23.1 Å². The van der Waals surface area contributed by atoms with E-state index in [0.717, 1.165) is 5.56 Å². The fraction of sp³-hybridized carbons (Fsp3) is 0.350. The summed E-state index contributed by atoms with van der Waals surface area (Å²) in [6.07, 6.45) is 0.478. The van der Waals surface area contributed by atoms with E-state index in [0.29, 0.717) is 30.9 Å². The van der Waals surface area contributed by atoms with Crippen LogP contribution in [0.3, 0.4) is 0 Å². The van der Waals surface area contributed by atoms with Crippen LogP contribution in [-0.2, 0) is 16.4 Å². The zero-order valence-corrected chi connectivity index (χ0v) is 15.6. The van der Waals surface area contributed by atoms with Gasteiger partial charge < -0.3 is 9.64 Å². The highest BCUT2D eigenvalue weighted by atomic mass is 32.2. The molecule has 3 rings (SSSR count). The van der Waals surface area contributed by atoms with E-state index in [4.69, 9.17) is 4.74 Å². The minimum Gasteiger partial charge on any atom is -0.494 e. The number of sulfone groups is 1. The van der Waals surface area contributed by atoms with Gasteiger partial charge in [0.15, 0.2) is 9.84 Å². The Kier molecular flexibility index (Phi) is 5.61. The molecule has 138 valence electrons. The minimum atomic E-state index is -3.08. The number of ether oxygens (including phenoxy) is 1. The van der Waals surface area contributed by atoms with Gasteiger partial charge in [-0.05, 0) is 37.1 Å². The summed E-state index contributed by atoms with van der Waals surface area (Å²) in [5, 5.41) is 0. The third-order valence-corrected chi connectivity index (χ3v) is 6.25. The molecule has 0 radical (unpaired) electrons. The van der Waals surface area contributed by atoms with Crippen LogP contribution in [0.25, 0.3) is 0 Å². The van der Waals surface area contributed by atoms with Crippen molar-refractivity contribution in [3.8, 4) is 5.75 Å². The van der Waals surface area contributed by atoms with Crippen LogP contribution >= 0.6 is 0 Å². The topological polar surface area (TPSA) is 63.7 Å². The molecule has 0 unspecified atom stereocenters. The van der Waals surface area contributed by atoms with Gasteiger partial charge in [-0.2, -0.15) is 0 Å². The molecule has 1 amide bonds. The van der Waals surface area contributed by atoms with Crippen LogP contribution in [0.5, 0.6) is 5.75 Å². The first kappa shape index (κ1) is 18.5. The Labute approximate surface area is 154 Å². The summed E-state index contributed by atoms with van der Waals surface area (Å²) in [6, 6.07) is 16.4. The Bertz CT molecular complexity index is 864. The number of carbonyl (C=O) groups excluding carboxylic acids is 1. The Morgan fingerprint density at radius 1 is 1.15 bits per heavy atom. The Balaban J connectivity index is 1.89. The quantitative estimate of drug-likeness (QED) is 0.781. The summed E-state index contributed by atoms with van der Waals surface area (Å²) < 4.78 is 29.4. The number of benzene rings is 2. The molecule has 1 aliphatic heterocycles. The number of amides is 1. The van der Waals surface area contributed by atoms with Crippen molar-refractivity contribution in [1.82, 2.24) is 4.90 Å². The first-order valence-corrected chi connectivity index (χ1v) is 10.6. The fourth-order valence-electron chi connectivity index (χ4n) is 3.22. The van der Waals surface area contributed by atoms with Crippen molar-refractivity contribution in [2.24, 2.45) is 0 Å². The van der Waals surface area contributed by atoms with Gasteiger partial charge in [-0.3, -0.25) is 4.79 Å². The molecular weight excluding hydrogens is 350 g/mol. The van der Waals surface area contributed by atoms with Gasteiger partial charge >= 0.3 is 0 Å². The molecule has 1 aliphatic rings. The smallest absolute Gasteiger partial charge is 0.254 e. The normalized spacial score (nSPS) is 18.4. The summed E-state index contributed by atoms with van der Waals surface area (Å²) in [5.74, 6) is 0.626. The lowest BCUT2D eigenvalue weighted by atomic mass is 10.1. The number of carbonyl (C=O) groups is 1. The van der Waals surface area contributed by atoms with E-state index >= 15 is 0 Å². The van der Waals surface area contributed by atoms with Crippen molar-refractivity contribution >= 4 is 15.7 Å². The molecule has 0 N–H and O–H groups in total. The predicted molar refractivity (Wildman–Crippen MR) is 101 cm³/mol. The van der Waals surface area contributed by atoms with E-state index in [9.17, 15) is 13.2 Å². The number of hydrogen-bond donors (Lipinski definition) is 0. The van der Waals surface area contributed by atoms with Crippen LogP contribution in [0.4, 0.5) is 0 Å². The predicted octanol–water partition coefficient (Wildman–Crippen LogP) is 2.91. The first-order chi connectivity index (χ1) is 12.5. The molecule has 2 aromatic carbocycles. The van der Waals surface area contributed by atoms with Crippen molar-refractivity contribution in [1.29, 1.82) is 0 Å². The molecule has 0 aliphatic carbocycles. The van der Waals surface area contributed by atoms with E-state index in [1.165, 1.54) is 0 Å². The highest BCUT2D eigenvalue weighted by Gasteiger charge is 2.35. The van der Waals surface area contributed by atoms with Crippen molar-refractivity contribution in [2.75, 3.05) is 18.1 Å². The van der Waals surface area contributed by atoms with Crippen molar-refractivity contribution in [2.45, 2.75) is 25.9 Å². The van der Waals surface area contributed by atoms with Crippen LogP contribution in [0.15, 0.2) is 54.6 Å². The SMILES string of the molecule is CCOc1cccc(C(=O)N(Cc2ccccc2)[C@@H]2CCS(=O)(=O)C2)c1. The second-order valence-corrected chi connectivity index (χ2v) is 8.67. The monoisotopic (exact) mass is 373 g/mol. The van der Waals surface area contributed by atoms with Crippen LogP contribution in [-0.4, -0.2) is 43.4 Å². The molecule has 0 bridgehead atoms. The summed E-state index contributed by atoms with van der Waals surface area (Å²) in [7, 11) is -3.08. The maximum absolute atomic E-state index is 13.2. The lowest BCUT2D eigenvalue weighted by Crippen LogP contribution is -2.40. The molecule has 5 nitrogen and oxygen atoms in total. The molecular formula is C20H23NO4S. The van der Waals surface area contributed by atoms with E-state index in [1.807, 2.05) is 43.3 Å². The van der Waals surface area contributed by atoms with E-state index < -0.39 is 9.84 Å². The van der Waals surface area contributed by atoms with Gasteiger partial charge in [-0.25, -0.2) is 8.42 Å². The van der Waals surface area contributed by atoms with Gasteiger partial charge in [-0.15, -0.1) is 0 Å². The lowest BCUT2D eigenvalue weighted by molar-refractivity contribution is 0.0680. The first-order valence-electron chi connectivity index (χ1n) is 8.76. The fourth-order valence-corrected chi connectivity index (χ4v) is 4.95. The molecule has 0 saturated carbocycles. The zero-order chi connectivity index (χ0) is 18.6. The Morgan fingerprint density at radius 3 is 2.58 bits per heavy atom. The summed E-state index contributed by atoms with van der Waals surface area (Å²) >= 11 is 0. The average Bonchev–Trinajstić information content (AvgIpc) is 3.00. The van der Waals surface area contributed by atoms with Crippen molar-refractivity contribution in [3.63, 3.8) is 0 Å². The molecule has 6 heteroatoms. The Hall–Kier alpha value is -2.34. The highest BCUT2D eigenvalue weighted by Crippen LogP contribution is 2.23. The maximum atomic E-state index is 13.2. The molecule has 26 heavy (non-hydrogen) atoms. The number of rotatable bonds is 6. The van der Waals surface area contributed by atoms with Gasteiger partial charge in [0.25, 0.3) is 5.91 Å². The highest BCUT2D eigenvalue weighted by molar-refractivity contribution is 7.91. The van der Waals surface area contributed by atoms with Crippen LogP contribution in [0.2, 0.25) is 0 Å². The second kappa shape index (κ2) is 7.91. The largest absolute Gasteiger partial charge is 0.494 e. The van der Waals surface area contributed by atoms with E-state index in [2.05, 4.69) is 0 Å². The molecule has 0 spiro atoms. The van der Waals surface area contributed by atoms with E-state index in [-0.39, 0.29) is 23.5 Å². The second-order valence-electron chi connectivity index (χ2n) is 6.44. The maximum Gasteiger partial charge on any atom is 0.254 e. The summed E-state index contributed by atoms with van der Waals surface area (Å²) in [4.78, 5) is 14.9. The summed E-state index contributed by atoms with van der Waals surface area (Å²) in [6.45, 7) is 2.80. The molecule has 2 aromatic rings. The van der Waals surface area contributed by atoms with Gasteiger partial charge in [0, 0.05) is 18.2 Å². The Morgan fingerprint density at radius 2 is 1.92 bits per heavy atom. The number of nitrogens with zero attached hydrogens (tertiary/aromatic N) is 1. The van der Waals surface area contributed by atoms with Crippen molar-refractivity contribution in [3.05, 3.63) is 65.7 Å². The zero-order valence-electron chi connectivity index (χ0n) is 14.8. The van der Waals surface area contributed by atoms with Crippen LogP contribution < -0.4 is 4.74 Å². The van der Waals surface area contributed by atoms with Crippen molar-refractivity contribution < 1.29 is 17.9 Å². The molecule has 1 heterocycles. The third-order valence-electron chi connectivity index (χ3n) is 4.50. The standard InChI is InChI=1S/C20H23NO4S/c1-2-25-19-10-6-9-17(13-19)20(22)21(14-16-7-4-3-5-8-16)18-11-12-26(23,24)15-18/h3-10,13,18H,2,11-12,14-15H2,1H3/t18-/m1/s1. The lowest BCUT2D eigenvalue weighted by Gasteiger charge is -2.28. The minimum absolute atomic E-state index is 0.0245. The molecule has 1 saturated heterocycles. The van der Waals surface area contributed by atoms with Crippen LogP contribution in [0.1, 0.15) is 29.3 Å². The molecule has 0 aromatic heterocycles. The van der Waals surface area contributed by atoms with Crippen LogP contribution in [0, 0.1) is 0 Å². The summed E-state index contributed by atoms with van der Waals surface area (Å²) in [5.41, 5.74) is 1.49. The third kappa shape index (κ3) is 4.43. The van der Waals surface area contributed by atoms with Gasteiger partial charge in [0.1, 0.15) is 5.75 Å². The number of hydrogen-bond acceptors (Lipinski definition) is 4. The molecule has 1 atom stereocenters.